The average Bonchev–Trinajstić information content (AvgIpc) is 2.62. The van der Waals surface area contributed by atoms with Crippen molar-refractivity contribution in [3.63, 3.8) is 0 Å². The monoisotopic (exact) mass is 183 g/mol. The van der Waals surface area contributed by atoms with E-state index in [0.29, 0.717) is 6.04 Å². The highest BCUT2D eigenvalue weighted by atomic mass is 16.3. The Morgan fingerprint density at radius 3 is 2.62 bits per heavy atom. The lowest BCUT2D eigenvalue weighted by atomic mass is 10.1. The van der Waals surface area contributed by atoms with Crippen LogP contribution in [-0.4, -0.2) is 48.3 Å². The highest BCUT2D eigenvalue weighted by Gasteiger charge is 2.22. The Kier molecular flexibility index (Phi) is 3.19. The molecule has 0 aliphatic carbocycles. The molecular formula is C10H19N2O. The highest BCUT2D eigenvalue weighted by Crippen LogP contribution is 2.13. The van der Waals surface area contributed by atoms with Crippen LogP contribution in [0.4, 0.5) is 0 Å². The summed E-state index contributed by atoms with van der Waals surface area (Å²) >= 11 is 0. The van der Waals surface area contributed by atoms with Crippen LogP contribution >= 0.6 is 0 Å². The highest BCUT2D eigenvalue weighted by molar-refractivity contribution is 4.80. The van der Waals surface area contributed by atoms with Crippen molar-refractivity contribution in [2.75, 3.05) is 26.2 Å². The van der Waals surface area contributed by atoms with Crippen LogP contribution in [0.2, 0.25) is 0 Å². The maximum absolute atomic E-state index is 9.34. The molecule has 0 saturated carbocycles. The van der Waals surface area contributed by atoms with Crippen molar-refractivity contribution in [1.82, 2.24) is 10.2 Å². The lowest BCUT2D eigenvalue weighted by Gasteiger charge is -2.31. The first-order valence-corrected chi connectivity index (χ1v) is 5.41. The molecule has 0 aromatic rings. The molecule has 2 fully saturated rings. The van der Waals surface area contributed by atoms with E-state index in [9.17, 15) is 5.11 Å². The molecule has 1 unspecified atom stereocenters. The van der Waals surface area contributed by atoms with Crippen LogP contribution in [-0.2, 0) is 0 Å². The predicted octanol–water partition coefficient (Wildman–Crippen LogP) is 0.210. The maximum Gasteiger partial charge on any atom is 0.0564 e. The minimum atomic E-state index is -0.0447. The zero-order chi connectivity index (χ0) is 9.10. The molecule has 3 nitrogen and oxygen atoms in total. The van der Waals surface area contributed by atoms with E-state index in [4.69, 9.17) is 0 Å². The molecule has 0 aromatic carbocycles. The quantitative estimate of drug-likeness (QED) is 0.664. The van der Waals surface area contributed by atoms with Gasteiger partial charge in [0.1, 0.15) is 0 Å². The van der Waals surface area contributed by atoms with Gasteiger partial charge in [0, 0.05) is 32.2 Å². The van der Waals surface area contributed by atoms with Crippen LogP contribution < -0.4 is 5.32 Å². The number of likely N-dealkylation sites (tertiary alicyclic amines) is 1. The third-order valence-corrected chi connectivity index (χ3v) is 3.11. The summed E-state index contributed by atoms with van der Waals surface area (Å²) in [6.07, 6.45) is 4.41. The van der Waals surface area contributed by atoms with Crippen molar-refractivity contribution in [3.8, 4) is 0 Å². The second kappa shape index (κ2) is 4.40. The van der Waals surface area contributed by atoms with E-state index >= 15 is 0 Å². The molecule has 0 bridgehead atoms. The summed E-state index contributed by atoms with van der Waals surface area (Å²) in [5.74, 6) is 0. The summed E-state index contributed by atoms with van der Waals surface area (Å²) in [6.45, 7) is 4.33. The zero-order valence-corrected chi connectivity index (χ0v) is 8.15. The average molecular weight is 183 g/mol. The van der Waals surface area contributed by atoms with Crippen LogP contribution in [0.15, 0.2) is 0 Å². The van der Waals surface area contributed by atoms with Gasteiger partial charge in [0.25, 0.3) is 0 Å². The Hall–Kier alpha value is -0.120. The minimum Gasteiger partial charge on any atom is -0.393 e. The SMILES string of the molecule is OC1CCN(CC2CCC[N]2)CC1. The first-order valence-electron chi connectivity index (χ1n) is 5.41. The van der Waals surface area contributed by atoms with Crippen LogP contribution in [0.5, 0.6) is 0 Å². The maximum atomic E-state index is 9.34. The molecule has 2 aliphatic heterocycles. The zero-order valence-electron chi connectivity index (χ0n) is 8.15. The molecule has 13 heavy (non-hydrogen) atoms. The normalized spacial score (nSPS) is 32.5. The molecule has 2 heterocycles. The summed E-state index contributed by atoms with van der Waals surface area (Å²) in [4.78, 5) is 2.45. The van der Waals surface area contributed by atoms with E-state index in [-0.39, 0.29) is 6.10 Å². The van der Waals surface area contributed by atoms with Crippen molar-refractivity contribution in [2.45, 2.75) is 37.8 Å². The molecule has 0 spiro atoms. The van der Waals surface area contributed by atoms with E-state index in [1.165, 1.54) is 12.8 Å². The number of nitrogens with zero attached hydrogens (tertiary/aromatic N) is 2. The van der Waals surface area contributed by atoms with Gasteiger partial charge in [0.05, 0.1) is 6.10 Å². The Morgan fingerprint density at radius 1 is 1.23 bits per heavy atom. The summed E-state index contributed by atoms with van der Waals surface area (Å²) in [5, 5.41) is 13.9. The molecule has 2 rings (SSSR count). The van der Waals surface area contributed by atoms with Crippen LogP contribution in [0.3, 0.4) is 0 Å². The first-order chi connectivity index (χ1) is 6.34. The van der Waals surface area contributed by atoms with Crippen molar-refractivity contribution in [3.05, 3.63) is 0 Å². The smallest absolute Gasteiger partial charge is 0.0564 e. The summed E-state index contributed by atoms with van der Waals surface area (Å²) in [5.41, 5.74) is 0. The lowest BCUT2D eigenvalue weighted by molar-refractivity contribution is 0.0786. The molecule has 2 saturated heterocycles. The molecular weight excluding hydrogens is 164 g/mol. The van der Waals surface area contributed by atoms with Gasteiger partial charge in [-0.05, 0) is 25.7 Å². The van der Waals surface area contributed by atoms with Gasteiger partial charge >= 0.3 is 0 Å². The molecule has 1 atom stereocenters. The Morgan fingerprint density at radius 2 is 2.00 bits per heavy atom. The van der Waals surface area contributed by atoms with Gasteiger partial charge < -0.3 is 10.0 Å². The molecule has 0 amide bonds. The summed E-state index contributed by atoms with van der Waals surface area (Å²) in [7, 11) is 0. The molecule has 3 heteroatoms. The van der Waals surface area contributed by atoms with Crippen molar-refractivity contribution >= 4 is 0 Å². The van der Waals surface area contributed by atoms with Gasteiger partial charge in [0.2, 0.25) is 0 Å². The van der Waals surface area contributed by atoms with Gasteiger partial charge in [0.15, 0.2) is 0 Å². The predicted molar refractivity (Wildman–Crippen MR) is 51.7 cm³/mol. The molecule has 0 aromatic heterocycles. The topological polar surface area (TPSA) is 37.6 Å². The van der Waals surface area contributed by atoms with Crippen molar-refractivity contribution in [1.29, 1.82) is 0 Å². The number of hydrogen-bond donors (Lipinski definition) is 1. The molecule has 75 valence electrons. The van der Waals surface area contributed by atoms with Gasteiger partial charge in [-0.2, -0.15) is 0 Å². The number of rotatable bonds is 2. The lowest BCUT2D eigenvalue weighted by Crippen LogP contribution is -2.41. The fraction of sp³-hybridized carbons (Fsp3) is 1.00. The standard InChI is InChI=1S/C10H19N2O/c13-10-3-6-12(7-4-10)8-9-2-1-5-11-9/h9-10,13H,1-8H2. The number of hydrogen-bond acceptors (Lipinski definition) is 2. The van der Waals surface area contributed by atoms with Gasteiger partial charge in [-0.15, -0.1) is 0 Å². The Bertz CT molecular complexity index is 149. The van der Waals surface area contributed by atoms with Crippen molar-refractivity contribution in [2.24, 2.45) is 0 Å². The second-order valence-electron chi connectivity index (χ2n) is 4.23. The first kappa shape index (κ1) is 9.44. The number of aliphatic hydroxyl groups is 1. The Balaban J connectivity index is 1.69. The van der Waals surface area contributed by atoms with E-state index in [2.05, 4.69) is 10.2 Å². The van der Waals surface area contributed by atoms with E-state index in [0.717, 1.165) is 39.0 Å². The van der Waals surface area contributed by atoms with E-state index < -0.39 is 0 Å². The fourth-order valence-electron chi connectivity index (χ4n) is 2.24. The van der Waals surface area contributed by atoms with E-state index in [1.807, 2.05) is 0 Å². The third kappa shape index (κ3) is 2.66. The second-order valence-corrected chi connectivity index (χ2v) is 4.23. The minimum absolute atomic E-state index is 0.0447. The number of aliphatic hydroxyl groups excluding tert-OH is 1. The van der Waals surface area contributed by atoms with Gasteiger partial charge in [-0.25, -0.2) is 5.32 Å². The largest absolute Gasteiger partial charge is 0.393 e. The molecule has 2 aliphatic rings. The molecule has 1 radical (unpaired) electrons. The van der Waals surface area contributed by atoms with Crippen LogP contribution in [0.25, 0.3) is 0 Å². The Labute approximate surface area is 80.1 Å². The summed E-state index contributed by atoms with van der Waals surface area (Å²) in [6, 6.07) is 0.593. The third-order valence-electron chi connectivity index (χ3n) is 3.11. The van der Waals surface area contributed by atoms with Crippen LogP contribution in [0.1, 0.15) is 25.7 Å². The fourth-order valence-corrected chi connectivity index (χ4v) is 2.24. The van der Waals surface area contributed by atoms with Crippen LogP contribution in [0, 0.1) is 0 Å². The number of piperidine rings is 1. The van der Waals surface area contributed by atoms with Crippen molar-refractivity contribution < 1.29 is 5.11 Å². The molecule has 1 N–H and O–H groups in total. The van der Waals surface area contributed by atoms with Gasteiger partial charge in [-0.3, -0.25) is 0 Å². The summed E-state index contributed by atoms with van der Waals surface area (Å²) < 4.78 is 0. The van der Waals surface area contributed by atoms with E-state index in [1.54, 1.807) is 0 Å². The van der Waals surface area contributed by atoms with Gasteiger partial charge in [-0.1, -0.05) is 0 Å².